The first-order valence-electron chi connectivity index (χ1n) is 10.0. The third-order valence-electron chi connectivity index (χ3n) is 5.15. The molecular formula is C22H23Cl2N5O3S. The number of pyridine rings is 2. The number of aromatic nitrogens is 2. The number of hydrogen-bond acceptors (Lipinski definition) is 6. The fraction of sp³-hybridized carbons (Fsp3) is 0.227. The van der Waals surface area contributed by atoms with Crippen molar-refractivity contribution in [3.05, 3.63) is 64.7 Å². The molecule has 1 fully saturated rings. The molecule has 2 N–H and O–H groups in total. The smallest absolute Gasteiger partial charge is 0.280 e. The van der Waals surface area contributed by atoms with Gasteiger partial charge in [0.15, 0.2) is 5.03 Å². The van der Waals surface area contributed by atoms with Crippen LogP contribution in [-0.2, 0) is 14.8 Å². The Kier molecular flexibility index (Phi) is 7.58. The minimum absolute atomic E-state index is 0. The number of hydrogen-bond donors (Lipinski definition) is 2. The Bertz CT molecular complexity index is 1280. The number of benzene rings is 1. The molecule has 1 saturated heterocycles. The van der Waals surface area contributed by atoms with Crippen molar-refractivity contribution < 1.29 is 13.2 Å². The van der Waals surface area contributed by atoms with E-state index in [2.05, 4.69) is 20.0 Å². The maximum atomic E-state index is 13.0. The summed E-state index contributed by atoms with van der Waals surface area (Å²) in [5.41, 5.74) is 3.32. The summed E-state index contributed by atoms with van der Waals surface area (Å²) in [7, 11) is -4.04. The predicted octanol–water partition coefficient (Wildman–Crippen LogP) is 3.57. The van der Waals surface area contributed by atoms with Gasteiger partial charge in [0.2, 0.25) is 5.91 Å². The predicted molar refractivity (Wildman–Crippen MR) is 132 cm³/mol. The van der Waals surface area contributed by atoms with Gasteiger partial charge in [-0.25, -0.2) is 9.97 Å². The molecule has 3 aromatic rings. The topological polar surface area (TPSA) is 104 Å². The highest BCUT2D eigenvalue weighted by atomic mass is 35.5. The second-order valence-electron chi connectivity index (χ2n) is 7.46. The number of anilines is 2. The number of amides is 1. The molecule has 1 aliphatic rings. The molecule has 11 heteroatoms. The van der Waals surface area contributed by atoms with Crippen molar-refractivity contribution in [1.29, 1.82) is 0 Å². The average Bonchev–Trinajstić information content (AvgIpc) is 2.76. The fourth-order valence-corrected chi connectivity index (χ4v) is 4.77. The van der Waals surface area contributed by atoms with Crippen LogP contribution in [0.1, 0.15) is 11.1 Å². The van der Waals surface area contributed by atoms with E-state index in [-0.39, 0.29) is 35.7 Å². The van der Waals surface area contributed by atoms with Crippen molar-refractivity contribution in [3.8, 4) is 11.3 Å². The molecule has 33 heavy (non-hydrogen) atoms. The minimum atomic E-state index is -4.04. The van der Waals surface area contributed by atoms with Gasteiger partial charge < -0.3 is 5.32 Å². The maximum absolute atomic E-state index is 13.0. The van der Waals surface area contributed by atoms with Crippen LogP contribution in [0.3, 0.4) is 0 Å². The molecule has 0 unspecified atom stereocenters. The first kappa shape index (κ1) is 24.9. The van der Waals surface area contributed by atoms with Gasteiger partial charge in [-0.05, 0) is 49.2 Å². The number of carbonyl (C=O) groups excluding carboxylic acids is 1. The Labute approximate surface area is 203 Å². The van der Waals surface area contributed by atoms with Crippen LogP contribution in [0.5, 0.6) is 0 Å². The first-order valence-corrected chi connectivity index (χ1v) is 11.9. The van der Waals surface area contributed by atoms with E-state index in [4.69, 9.17) is 11.6 Å². The second-order valence-corrected chi connectivity index (χ2v) is 9.49. The van der Waals surface area contributed by atoms with Crippen LogP contribution in [0, 0.1) is 13.8 Å². The lowest BCUT2D eigenvalue weighted by Gasteiger charge is -2.26. The Morgan fingerprint density at radius 1 is 1.03 bits per heavy atom. The lowest BCUT2D eigenvalue weighted by Crippen LogP contribution is -2.48. The Morgan fingerprint density at radius 3 is 2.42 bits per heavy atom. The number of sulfonamides is 1. The van der Waals surface area contributed by atoms with Gasteiger partial charge in [0, 0.05) is 18.7 Å². The fourth-order valence-electron chi connectivity index (χ4n) is 3.60. The molecule has 0 bridgehead atoms. The molecule has 1 amide bonds. The lowest BCUT2D eigenvalue weighted by molar-refractivity contribution is -0.118. The minimum Gasteiger partial charge on any atom is -0.307 e. The van der Waals surface area contributed by atoms with Crippen molar-refractivity contribution >= 4 is 51.6 Å². The van der Waals surface area contributed by atoms with Gasteiger partial charge in [0.05, 0.1) is 17.3 Å². The van der Waals surface area contributed by atoms with Gasteiger partial charge in [0.25, 0.3) is 10.0 Å². The summed E-state index contributed by atoms with van der Waals surface area (Å²) in [6.45, 7) is 5.11. The Hall–Kier alpha value is -2.72. The van der Waals surface area contributed by atoms with E-state index in [9.17, 15) is 13.2 Å². The summed E-state index contributed by atoms with van der Waals surface area (Å²) in [6.07, 6.45) is 0. The van der Waals surface area contributed by atoms with E-state index in [1.165, 1.54) is 17.0 Å². The van der Waals surface area contributed by atoms with E-state index in [0.717, 1.165) is 16.7 Å². The van der Waals surface area contributed by atoms with Crippen molar-refractivity contribution in [3.63, 3.8) is 0 Å². The summed E-state index contributed by atoms with van der Waals surface area (Å²) < 4.78 is 28.5. The van der Waals surface area contributed by atoms with Crippen LogP contribution >= 0.6 is 24.0 Å². The van der Waals surface area contributed by atoms with Gasteiger partial charge in [-0.2, -0.15) is 8.42 Å². The van der Waals surface area contributed by atoms with E-state index in [0.29, 0.717) is 29.6 Å². The number of halogens is 2. The molecule has 3 heterocycles. The lowest BCUT2D eigenvalue weighted by atomic mass is 9.99. The van der Waals surface area contributed by atoms with Crippen molar-refractivity contribution in [1.82, 2.24) is 15.3 Å². The highest BCUT2D eigenvalue weighted by molar-refractivity contribution is 7.92. The number of carbonyl (C=O) groups is 1. The van der Waals surface area contributed by atoms with Crippen LogP contribution in [0.4, 0.5) is 11.6 Å². The molecule has 0 aliphatic carbocycles. The van der Waals surface area contributed by atoms with E-state index < -0.39 is 10.0 Å². The maximum Gasteiger partial charge on any atom is 0.280 e. The third-order valence-corrected chi connectivity index (χ3v) is 6.71. The number of rotatable bonds is 5. The van der Waals surface area contributed by atoms with Crippen LogP contribution in [-0.4, -0.2) is 43.9 Å². The third kappa shape index (κ3) is 5.27. The summed E-state index contributed by atoms with van der Waals surface area (Å²) >= 11 is 6.39. The largest absolute Gasteiger partial charge is 0.307 e. The van der Waals surface area contributed by atoms with E-state index in [1.807, 2.05) is 32.0 Å². The number of nitrogens with zero attached hydrogens (tertiary/aromatic N) is 3. The van der Waals surface area contributed by atoms with Gasteiger partial charge in [-0.3, -0.25) is 14.4 Å². The summed E-state index contributed by atoms with van der Waals surface area (Å²) in [6, 6.07) is 13.5. The summed E-state index contributed by atoms with van der Waals surface area (Å²) in [4.78, 5) is 22.3. The standard InChI is InChI=1S/C22H22ClN5O3S.ClH/c1-14-5-3-6-15(2)21(14)22-16(23)9-10-17(25-22)27-32(30,31)19-8-4-7-18(26-19)28-12-11-24-13-20(28)29;/h3-10,24H,11-13H2,1-2H3,(H,25,27);1H. The van der Waals surface area contributed by atoms with Crippen LogP contribution < -0.4 is 14.9 Å². The monoisotopic (exact) mass is 507 g/mol. The van der Waals surface area contributed by atoms with Crippen molar-refractivity contribution in [2.75, 3.05) is 29.3 Å². The molecule has 4 rings (SSSR count). The van der Waals surface area contributed by atoms with E-state index in [1.54, 1.807) is 18.2 Å². The normalized spacial score (nSPS) is 14.0. The van der Waals surface area contributed by atoms with Crippen molar-refractivity contribution in [2.45, 2.75) is 18.9 Å². The van der Waals surface area contributed by atoms with Gasteiger partial charge in [-0.1, -0.05) is 35.9 Å². The molecule has 0 spiro atoms. The molecule has 0 saturated carbocycles. The number of piperazine rings is 1. The highest BCUT2D eigenvalue weighted by Crippen LogP contribution is 2.32. The molecule has 0 radical (unpaired) electrons. The van der Waals surface area contributed by atoms with Crippen LogP contribution in [0.25, 0.3) is 11.3 Å². The van der Waals surface area contributed by atoms with Crippen molar-refractivity contribution in [2.24, 2.45) is 0 Å². The van der Waals surface area contributed by atoms with Gasteiger partial charge >= 0.3 is 0 Å². The summed E-state index contributed by atoms with van der Waals surface area (Å²) in [5.74, 6) is 0.251. The second kappa shape index (κ2) is 10.0. The molecule has 0 atom stereocenters. The van der Waals surface area contributed by atoms with E-state index >= 15 is 0 Å². The van der Waals surface area contributed by atoms with Crippen LogP contribution in [0.15, 0.2) is 53.6 Å². The van der Waals surface area contributed by atoms with Crippen LogP contribution in [0.2, 0.25) is 5.02 Å². The number of aryl methyl sites for hydroxylation is 2. The molecule has 174 valence electrons. The zero-order chi connectivity index (χ0) is 22.9. The SMILES string of the molecule is Cc1cccc(C)c1-c1nc(NS(=O)(=O)c2cccc(N3CCNCC3=O)n2)ccc1Cl.Cl. The first-order chi connectivity index (χ1) is 15.3. The molecule has 1 aromatic carbocycles. The zero-order valence-corrected chi connectivity index (χ0v) is 20.4. The molecule has 8 nitrogen and oxygen atoms in total. The summed E-state index contributed by atoms with van der Waals surface area (Å²) in [5, 5.41) is 3.19. The molecule has 1 aliphatic heterocycles. The Morgan fingerprint density at radius 2 is 1.73 bits per heavy atom. The number of nitrogens with one attached hydrogen (secondary N) is 2. The van der Waals surface area contributed by atoms with Gasteiger partial charge in [0.1, 0.15) is 11.6 Å². The zero-order valence-electron chi connectivity index (χ0n) is 18.0. The molecular weight excluding hydrogens is 485 g/mol. The molecule has 2 aromatic heterocycles. The quantitative estimate of drug-likeness (QED) is 0.546. The highest BCUT2D eigenvalue weighted by Gasteiger charge is 2.24. The Balaban J connectivity index is 0.00000306. The average molecular weight is 508 g/mol. The van der Waals surface area contributed by atoms with Gasteiger partial charge in [-0.15, -0.1) is 12.4 Å².